The Morgan fingerprint density at radius 2 is 1.90 bits per heavy atom. The summed E-state index contributed by atoms with van der Waals surface area (Å²) < 4.78 is 0. The van der Waals surface area contributed by atoms with Gasteiger partial charge < -0.3 is 10.2 Å². The smallest absolute Gasteiger partial charge is 0.345 e. The fourth-order valence-corrected chi connectivity index (χ4v) is 4.95. The van der Waals surface area contributed by atoms with Gasteiger partial charge in [0.05, 0.1) is 6.10 Å². The summed E-state index contributed by atoms with van der Waals surface area (Å²) in [6.45, 7) is 2.15. The van der Waals surface area contributed by atoms with E-state index in [1.165, 1.54) is 11.3 Å². The second-order valence-electron chi connectivity index (χ2n) is 7.98. The van der Waals surface area contributed by atoms with Crippen molar-refractivity contribution >= 4 is 28.7 Å². The van der Waals surface area contributed by atoms with Gasteiger partial charge >= 0.3 is 5.97 Å². The minimum absolute atomic E-state index is 0.0933. The number of aliphatic hydroxyl groups excluding tert-OH is 1. The maximum Gasteiger partial charge on any atom is 0.345 e. The van der Waals surface area contributed by atoms with Crippen LogP contribution in [0.3, 0.4) is 0 Å². The molecule has 0 saturated carbocycles. The summed E-state index contributed by atoms with van der Waals surface area (Å²) in [5.74, 6) is -0.725. The maximum atomic E-state index is 12.4. The predicted molar refractivity (Wildman–Crippen MR) is 121 cm³/mol. The van der Waals surface area contributed by atoms with Crippen LogP contribution in [0.4, 0.5) is 0 Å². The number of carboxylic acids is 1. The Bertz CT molecular complexity index is 894. The Morgan fingerprint density at radius 1 is 1.13 bits per heavy atom. The molecule has 160 valence electrons. The van der Waals surface area contributed by atoms with Crippen molar-refractivity contribution in [2.75, 3.05) is 0 Å². The molecule has 0 bridgehead atoms. The summed E-state index contributed by atoms with van der Waals surface area (Å²) in [5.41, 5.74) is 3.08. The molecule has 1 aliphatic rings. The summed E-state index contributed by atoms with van der Waals surface area (Å²) in [6.07, 6.45) is 8.57. The fraction of sp³-hybridized carbons (Fsp3) is 0.440. The molecule has 0 amide bonds. The number of Topliss-reactive ketones (excluding diaryl/α,β-unsaturated/α-hetero) is 1. The molecule has 5 heteroatoms. The average Bonchev–Trinajstić information content (AvgIpc) is 3.36. The summed E-state index contributed by atoms with van der Waals surface area (Å²) in [5, 5.41) is 19.4. The molecule has 0 aliphatic heterocycles. The molecule has 0 spiro atoms. The highest BCUT2D eigenvalue weighted by Gasteiger charge is 2.28. The van der Waals surface area contributed by atoms with E-state index in [9.17, 15) is 14.7 Å². The SMILES string of the molecule is CCCCCC(O)c1ccc(C2=CCC(=O)[C@@H]2CCCc2ccc(C(=O)O)s2)cc1. The molecular formula is C25H30O4S. The zero-order chi connectivity index (χ0) is 21.5. The van der Waals surface area contributed by atoms with Crippen LogP contribution in [0.25, 0.3) is 5.57 Å². The van der Waals surface area contributed by atoms with Gasteiger partial charge in [0.2, 0.25) is 0 Å². The topological polar surface area (TPSA) is 74.6 Å². The number of unbranched alkanes of at least 4 members (excludes halogenated alkanes) is 2. The largest absolute Gasteiger partial charge is 0.477 e. The molecule has 0 fully saturated rings. The van der Waals surface area contributed by atoms with Crippen molar-refractivity contribution < 1.29 is 19.8 Å². The normalized spacial score (nSPS) is 17.2. The third-order valence-corrected chi connectivity index (χ3v) is 6.92. The number of ketones is 1. The number of carbonyl (C=O) groups is 2. The van der Waals surface area contributed by atoms with Crippen molar-refractivity contribution in [1.29, 1.82) is 0 Å². The summed E-state index contributed by atoms with van der Waals surface area (Å²) in [6, 6.07) is 11.5. The Morgan fingerprint density at radius 3 is 2.57 bits per heavy atom. The van der Waals surface area contributed by atoms with Gasteiger partial charge in [0, 0.05) is 17.2 Å². The molecule has 1 aromatic heterocycles. The van der Waals surface area contributed by atoms with Crippen LogP contribution in [0.1, 0.15) is 83.6 Å². The van der Waals surface area contributed by atoms with Gasteiger partial charge in [0.15, 0.2) is 0 Å². The molecule has 1 unspecified atom stereocenters. The fourth-order valence-electron chi connectivity index (χ4n) is 4.06. The number of hydrogen-bond acceptors (Lipinski definition) is 4. The summed E-state index contributed by atoms with van der Waals surface area (Å²) in [7, 11) is 0. The summed E-state index contributed by atoms with van der Waals surface area (Å²) >= 11 is 1.31. The Hall–Kier alpha value is -2.24. The second-order valence-corrected chi connectivity index (χ2v) is 9.15. The van der Waals surface area contributed by atoms with Crippen LogP contribution in [0.2, 0.25) is 0 Å². The zero-order valence-electron chi connectivity index (χ0n) is 17.5. The van der Waals surface area contributed by atoms with Crippen LogP contribution in [0.15, 0.2) is 42.5 Å². The van der Waals surface area contributed by atoms with E-state index in [4.69, 9.17) is 5.11 Å². The highest BCUT2D eigenvalue weighted by atomic mass is 32.1. The zero-order valence-corrected chi connectivity index (χ0v) is 18.3. The lowest BCUT2D eigenvalue weighted by molar-refractivity contribution is -0.119. The van der Waals surface area contributed by atoms with Crippen LogP contribution in [-0.2, 0) is 11.2 Å². The number of carbonyl (C=O) groups excluding carboxylic acids is 1. The van der Waals surface area contributed by atoms with Crippen molar-refractivity contribution in [2.24, 2.45) is 5.92 Å². The van der Waals surface area contributed by atoms with Gasteiger partial charge in [-0.3, -0.25) is 4.79 Å². The van der Waals surface area contributed by atoms with E-state index >= 15 is 0 Å². The molecule has 3 rings (SSSR count). The first-order chi connectivity index (χ1) is 14.5. The van der Waals surface area contributed by atoms with Crippen molar-refractivity contribution in [3.63, 3.8) is 0 Å². The third-order valence-electron chi connectivity index (χ3n) is 5.79. The number of aryl methyl sites for hydroxylation is 1. The van der Waals surface area contributed by atoms with E-state index in [1.807, 2.05) is 36.4 Å². The molecule has 1 aromatic carbocycles. The standard InChI is InChI=1S/C25H30O4S/c1-2-3-4-8-22(26)18-11-9-17(10-12-18)20-14-15-23(27)21(20)7-5-6-19-13-16-24(30-19)25(28)29/h9-14,16,21-22,26H,2-8,15H2,1H3,(H,28,29)/t21-,22?/m1/s1. The molecule has 4 nitrogen and oxygen atoms in total. The van der Waals surface area contributed by atoms with Gasteiger partial charge in [-0.05, 0) is 54.5 Å². The number of aromatic carboxylic acids is 1. The van der Waals surface area contributed by atoms with Crippen molar-refractivity contribution in [1.82, 2.24) is 0 Å². The molecule has 30 heavy (non-hydrogen) atoms. The molecule has 0 saturated heterocycles. The van der Waals surface area contributed by atoms with Crippen LogP contribution >= 0.6 is 11.3 Å². The lowest BCUT2D eigenvalue weighted by atomic mass is 9.89. The first kappa shape index (κ1) is 22.4. The maximum absolute atomic E-state index is 12.4. The number of allylic oxidation sites excluding steroid dienone is 2. The predicted octanol–water partition coefficient (Wildman–Crippen LogP) is 6.06. The number of hydrogen-bond donors (Lipinski definition) is 2. The highest BCUT2D eigenvalue weighted by Crippen LogP contribution is 2.36. The van der Waals surface area contributed by atoms with E-state index in [0.717, 1.165) is 66.5 Å². The number of carboxylic acid groups (broad SMARTS) is 1. The Labute approximate surface area is 182 Å². The summed E-state index contributed by atoms with van der Waals surface area (Å²) in [4.78, 5) is 24.9. The molecule has 1 heterocycles. The van der Waals surface area contributed by atoms with Crippen LogP contribution in [0.5, 0.6) is 0 Å². The van der Waals surface area contributed by atoms with Gasteiger partial charge in [0.1, 0.15) is 10.7 Å². The van der Waals surface area contributed by atoms with E-state index in [0.29, 0.717) is 11.3 Å². The van der Waals surface area contributed by atoms with Crippen molar-refractivity contribution in [2.45, 2.75) is 64.4 Å². The van der Waals surface area contributed by atoms with E-state index in [1.54, 1.807) is 6.07 Å². The first-order valence-electron chi connectivity index (χ1n) is 10.8. The van der Waals surface area contributed by atoms with Crippen LogP contribution in [-0.4, -0.2) is 22.0 Å². The van der Waals surface area contributed by atoms with Crippen LogP contribution in [0, 0.1) is 5.92 Å². The van der Waals surface area contributed by atoms with E-state index < -0.39 is 12.1 Å². The van der Waals surface area contributed by atoms with Gasteiger partial charge in [-0.25, -0.2) is 4.79 Å². The minimum Gasteiger partial charge on any atom is -0.477 e. The molecular weight excluding hydrogens is 396 g/mol. The molecule has 1 aliphatic carbocycles. The molecule has 0 radical (unpaired) electrons. The first-order valence-corrected chi connectivity index (χ1v) is 11.6. The Balaban J connectivity index is 1.58. The van der Waals surface area contributed by atoms with Gasteiger partial charge in [-0.2, -0.15) is 0 Å². The Kier molecular flexibility index (Phi) is 8.00. The van der Waals surface area contributed by atoms with Gasteiger partial charge in [-0.1, -0.05) is 56.5 Å². The van der Waals surface area contributed by atoms with Gasteiger partial charge in [0.25, 0.3) is 0 Å². The number of rotatable bonds is 11. The number of thiophene rings is 1. The van der Waals surface area contributed by atoms with Crippen molar-refractivity contribution in [3.05, 3.63) is 63.4 Å². The number of benzene rings is 1. The molecule has 2 N–H and O–H groups in total. The monoisotopic (exact) mass is 426 g/mol. The lowest BCUT2D eigenvalue weighted by Crippen LogP contribution is -2.10. The second kappa shape index (κ2) is 10.7. The van der Waals surface area contributed by atoms with Crippen molar-refractivity contribution in [3.8, 4) is 0 Å². The highest BCUT2D eigenvalue weighted by molar-refractivity contribution is 7.13. The number of aliphatic hydroxyl groups is 1. The average molecular weight is 427 g/mol. The lowest BCUT2D eigenvalue weighted by Gasteiger charge is -2.16. The quantitative estimate of drug-likeness (QED) is 0.429. The van der Waals surface area contributed by atoms with E-state index in [-0.39, 0.29) is 11.7 Å². The third kappa shape index (κ3) is 5.67. The molecule has 2 aromatic rings. The van der Waals surface area contributed by atoms with E-state index in [2.05, 4.69) is 6.92 Å². The van der Waals surface area contributed by atoms with Gasteiger partial charge in [-0.15, -0.1) is 11.3 Å². The minimum atomic E-state index is -0.888. The van der Waals surface area contributed by atoms with Crippen LogP contribution < -0.4 is 0 Å². The molecule has 2 atom stereocenters.